The number of ketones is 1. The molecule has 1 heterocycles. The van der Waals surface area contributed by atoms with Crippen molar-refractivity contribution in [3.05, 3.63) is 69.2 Å². The van der Waals surface area contributed by atoms with Gasteiger partial charge in [0.25, 0.3) is 0 Å². The highest BCUT2D eigenvalue weighted by molar-refractivity contribution is 9.10. The number of aromatic nitrogens is 2. The SMILES string of the molecule is CN(C)/C=C/C(=O)c1nn(-c2cccc(Br)c2)ccc1=O. The van der Waals surface area contributed by atoms with Crippen molar-refractivity contribution in [1.82, 2.24) is 14.7 Å². The van der Waals surface area contributed by atoms with Crippen LogP contribution in [0.25, 0.3) is 5.69 Å². The minimum Gasteiger partial charge on any atom is -0.383 e. The molecule has 21 heavy (non-hydrogen) atoms. The molecule has 0 unspecified atom stereocenters. The van der Waals surface area contributed by atoms with Crippen LogP contribution in [0.15, 0.2) is 58.1 Å². The molecule has 6 heteroatoms. The van der Waals surface area contributed by atoms with E-state index in [0.29, 0.717) is 0 Å². The van der Waals surface area contributed by atoms with Gasteiger partial charge >= 0.3 is 0 Å². The van der Waals surface area contributed by atoms with Crippen molar-refractivity contribution >= 4 is 21.7 Å². The highest BCUT2D eigenvalue weighted by atomic mass is 79.9. The maximum absolute atomic E-state index is 12.0. The van der Waals surface area contributed by atoms with Crippen molar-refractivity contribution in [2.24, 2.45) is 0 Å². The van der Waals surface area contributed by atoms with Crippen LogP contribution in [-0.2, 0) is 0 Å². The molecule has 0 aliphatic carbocycles. The highest BCUT2D eigenvalue weighted by Gasteiger charge is 2.10. The van der Waals surface area contributed by atoms with Crippen LogP contribution in [0, 0.1) is 0 Å². The summed E-state index contributed by atoms with van der Waals surface area (Å²) in [5.41, 5.74) is 0.264. The van der Waals surface area contributed by atoms with Crippen LogP contribution in [0.1, 0.15) is 10.5 Å². The quantitative estimate of drug-likeness (QED) is 0.628. The Bertz CT molecular complexity index is 751. The summed E-state index contributed by atoms with van der Waals surface area (Å²) in [6, 6.07) is 8.77. The molecule has 0 N–H and O–H groups in total. The summed E-state index contributed by atoms with van der Waals surface area (Å²) in [6.45, 7) is 0. The van der Waals surface area contributed by atoms with Crippen molar-refractivity contribution in [2.45, 2.75) is 0 Å². The van der Waals surface area contributed by atoms with E-state index < -0.39 is 11.2 Å². The largest absolute Gasteiger partial charge is 0.383 e. The number of carbonyl (C=O) groups is 1. The van der Waals surface area contributed by atoms with Crippen LogP contribution in [0.5, 0.6) is 0 Å². The number of nitrogens with zero attached hydrogens (tertiary/aromatic N) is 3. The molecular weight excluding hydrogens is 334 g/mol. The lowest BCUT2D eigenvalue weighted by molar-refractivity contribution is 0.103. The second-order valence-electron chi connectivity index (χ2n) is 4.60. The molecule has 0 fully saturated rings. The zero-order chi connectivity index (χ0) is 15.4. The normalized spacial score (nSPS) is 10.8. The molecule has 5 nitrogen and oxygen atoms in total. The molecule has 108 valence electrons. The predicted octanol–water partition coefficient (Wildman–Crippen LogP) is 2.25. The summed E-state index contributed by atoms with van der Waals surface area (Å²) in [4.78, 5) is 25.5. The van der Waals surface area contributed by atoms with Crippen molar-refractivity contribution in [2.75, 3.05) is 14.1 Å². The molecule has 0 aliphatic heterocycles. The van der Waals surface area contributed by atoms with Crippen LogP contribution < -0.4 is 5.43 Å². The Morgan fingerprint density at radius 3 is 2.76 bits per heavy atom. The first-order valence-electron chi connectivity index (χ1n) is 6.22. The summed E-state index contributed by atoms with van der Waals surface area (Å²) in [6.07, 6.45) is 4.45. The Balaban J connectivity index is 2.42. The van der Waals surface area contributed by atoms with Crippen LogP contribution >= 0.6 is 15.9 Å². The second kappa shape index (κ2) is 6.49. The smallest absolute Gasteiger partial charge is 0.211 e. The lowest BCUT2D eigenvalue weighted by Gasteiger charge is -2.07. The number of allylic oxidation sites excluding steroid dienone is 1. The van der Waals surface area contributed by atoms with Gasteiger partial charge in [0.1, 0.15) is 0 Å². The number of hydrogen-bond acceptors (Lipinski definition) is 4. The average Bonchev–Trinajstić information content (AvgIpc) is 2.45. The van der Waals surface area contributed by atoms with E-state index in [2.05, 4.69) is 21.0 Å². The number of carbonyl (C=O) groups excluding carboxylic acids is 1. The molecule has 1 aromatic carbocycles. The van der Waals surface area contributed by atoms with Crippen LogP contribution in [0.4, 0.5) is 0 Å². The highest BCUT2D eigenvalue weighted by Crippen LogP contribution is 2.14. The molecule has 0 spiro atoms. The second-order valence-corrected chi connectivity index (χ2v) is 5.51. The van der Waals surface area contributed by atoms with Gasteiger partial charge in [0.15, 0.2) is 5.69 Å². The van der Waals surface area contributed by atoms with Crippen LogP contribution in [0.2, 0.25) is 0 Å². The number of halogens is 1. The Hall–Kier alpha value is -2.21. The first kappa shape index (κ1) is 15.2. The van der Waals surface area contributed by atoms with E-state index in [9.17, 15) is 9.59 Å². The molecule has 0 saturated carbocycles. The fourth-order valence-electron chi connectivity index (χ4n) is 1.64. The topological polar surface area (TPSA) is 55.2 Å². The Morgan fingerprint density at radius 2 is 2.10 bits per heavy atom. The molecule has 0 saturated heterocycles. The van der Waals surface area contributed by atoms with Crippen molar-refractivity contribution in [1.29, 1.82) is 0 Å². The summed E-state index contributed by atoms with van der Waals surface area (Å²) in [5.74, 6) is -0.418. The zero-order valence-corrected chi connectivity index (χ0v) is 13.2. The first-order chi connectivity index (χ1) is 9.97. The Labute approximate surface area is 130 Å². The molecule has 0 amide bonds. The zero-order valence-electron chi connectivity index (χ0n) is 11.7. The standard InChI is InChI=1S/C15H14BrN3O2/c1-18(2)8-6-13(20)15-14(21)7-9-19(17-15)12-5-3-4-11(16)10-12/h3-10H,1-2H3/b8-6+. The maximum atomic E-state index is 12.0. The van der Waals surface area contributed by atoms with E-state index in [-0.39, 0.29) is 5.69 Å². The van der Waals surface area contributed by atoms with Crippen molar-refractivity contribution in [3.63, 3.8) is 0 Å². The predicted molar refractivity (Wildman–Crippen MR) is 84.7 cm³/mol. The minimum atomic E-state index is -0.418. The van der Waals surface area contributed by atoms with Gasteiger partial charge in [0.2, 0.25) is 11.2 Å². The summed E-state index contributed by atoms with van der Waals surface area (Å²) in [7, 11) is 3.59. The van der Waals surface area contributed by atoms with Gasteiger partial charge in [0.05, 0.1) is 5.69 Å². The van der Waals surface area contributed by atoms with Crippen LogP contribution in [-0.4, -0.2) is 34.6 Å². The fraction of sp³-hybridized carbons (Fsp3) is 0.133. The van der Waals surface area contributed by atoms with Gasteiger partial charge in [0, 0.05) is 43.1 Å². The molecule has 2 aromatic rings. The molecular formula is C15H14BrN3O2. The average molecular weight is 348 g/mol. The first-order valence-corrected chi connectivity index (χ1v) is 7.01. The van der Waals surface area contributed by atoms with E-state index in [0.717, 1.165) is 10.2 Å². The van der Waals surface area contributed by atoms with E-state index in [1.165, 1.54) is 23.0 Å². The van der Waals surface area contributed by atoms with Gasteiger partial charge in [-0.05, 0) is 18.2 Å². The molecule has 0 radical (unpaired) electrons. The lowest BCUT2D eigenvalue weighted by Crippen LogP contribution is -2.20. The fourth-order valence-corrected chi connectivity index (χ4v) is 2.02. The molecule has 0 bridgehead atoms. The Kier molecular flexibility index (Phi) is 4.70. The molecule has 1 aromatic heterocycles. The third-order valence-electron chi connectivity index (χ3n) is 2.64. The van der Waals surface area contributed by atoms with E-state index in [1.807, 2.05) is 24.3 Å². The summed E-state index contributed by atoms with van der Waals surface area (Å²) in [5, 5.41) is 4.13. The number of rotatable bonds is 4. The molecule has 0 aliphatic rings. The van der Waals surface area contributed by atoms with Crippen LogP contribution in [0.3, 0.4) is 0 Å². The summed E-state index contributed by atoms with van der Waals surface area (Å²) < 4.78 is 2.39. The van der Waals surface area contributed by atoms with E-state index in [4.69, 9.17) is 0 Å². The third-order valence-corrected chi connectivity index (χ3v) is 3.13. The summed E-state index contributed by atoms with van der Waals surface area (Å²) >= 11 is 3.38. The van der Waals surface area contributed by atoms with Gasteiger partial charge < -0.3 is 4.90 Å². The third kappa shape index (κ3) is 3.88. The number of hydrogen-bond donors (Lipinski definition) is 0. The number of benzene rings is 1. The maximum Gasteiger partial charge on any atom is 0.211 e. The molecule has 0 atom stereocenters. The monoisotopic (exact) mass is 347 g/mol. The van der Waals surface area contributed by atoms with Crippen molar-refractivity contribution < 1.29 is 4.79 Å². The van der Waals surface area contributed by atoms with Gasteiger partial charge in [-0.3, -0.25) is 9.59 Å². The minimum absolute atomic E-state index is 0.101. The van der Waals surface area contributed by atoms with Gasteiger partial charge in [-0.15, -0.1) is 0 Å². The lowest BCUT2D eigenvalue weighted by atomic mass is 10.2. The van der Waals surface area contributed by atoms with E-state index in [1.54, 1.807) is 25.2 Å². The van der Waals surface area contributed by atoms with Gasteiger partial charge in [-0.1, -0.05) is 22.0 Å². The van der Waals surface area contributed by atoms with Gasteiger partial charge in [-0.2, -0.15) is 5.10 Å². The Morgan fingerprint density at radius 1 is 1.33 bits per heavy atom. The van der Waals surface area contributed by atoms with Crippen molar-refractivity contribution in [3.8, 4) is 5.69 Å². The van der Waals surface area contributed by atoms with Gasteiger partial charge in [-0.25, -0.2) is 4.68 Å². The molecule has 2 rings (SSSR count). The van der Waals surface area contributed by atoms with E-state index >= 15 is 0 Å².